The van der Waals surface area contributed by atoms with E-state index in [0.29, 0.717) is 12.0 Å². The summed E-state index contributed by atoms with van der Waals surface area (Å²) in [6, 6.07) is 0.562. The Kier molecular flexibility index (Phi) is 4.04. The van der Waals surface area contributed by atoms with Gasteiger partial charge in [0.2, 0.25) is 0 Å². The second kappa shape index (κ2) is 4.63. The summed E-state index contributed by atoms with van der Waals surface area (Å²) < 4.78 is 0. The molecule has 1 saturated heterocycles. The van der Waals surface area contributed by atoms with E-state index in [1.165, 1.54) is 0 Å². The van der Waals surface area contributed by atoms with Gasteiger partial charge in [0.1, 0.15) is 0 Å². The molecule has 1 heterocycles. The van der Waals surface area contributed by atoms with E-state index in [1.807, 2.05) is 0 Å². The number of hydrogen-bond acceptors (Lipinski definition) is 3. The van der Waals surface area contributed by atoms with Gasteiger partial charge < -0.3 is 10.5 Å². The molecule has 0 bridgehead atoms. The lowest BCUT2D eigenvalue weighted by Gasteiger charge is -2.36. The highest BCUT2D eigenvalue weighted by Gasteiger charge is 2.50. The van der Waals surface area contributed by atoms with Gasteiger partial charge in [0.15, 0.2) is 0 Å². The van der Waals surface area contributed by atoms with Crippen LogP contribution in [0.5, 0.6) is 0 Å². The topological polar surface area (TPSA) is 35.5 Å². The van der Waals surface area contributed by atoms with Crippen LogP contribution in [0.1, 0.15) is 54.4 Å². The van der Waals surface area contributed by atoms with E-state index in [2.05, 4.69) is 46.9 Å². The van der Waals surface area contributed by atoms with Crippen LogP contribution in [-0.2, 0) is 0 Å². The van der Waals surface area contributed by atoms with Crippen molar-refractivity contribution in [2.75, 3.05) is 6.54 Å². The zero-order valence-electron chi connectivity index (χ0n) is 11.7. The molecule has 2 unspecified atom stereocenters. The van der Waals surface area contributed by atoms with Crippen LogP contribution in [0, 0.1) is 5.92 Å². The lowest BCUT2D eigenvalue weighted by molar-refractivity contribution is -0.196. The Bertz CT molecular complexity index is 238. The minimum atomic E-state index is -0.135. The quantitative estimate of drug-likeness (QED) is 0.776. The fourth-order valence-electron chi connectivity index (χ4n) is 2.70. The number of rotatable bonds is 4. The Labute approximate surface area is 100 Å². The van der Waals surface area contributed by atoms with Gasteiger partial charge in [-0.25, -0.2) is 0 Å². The highest BCUT2D eigenvalue weighted by molar-refractivity contribution is 5.02. The summed E-state index contributed by atoms with van der Waals surface area (Å²) in [6.07, 6.45) is 2.19. The molecule has 0 spiro atoms. The van der Waals surface area contributed by atoms with Crippen LogP contribution in [0.25, 0.3) is 0 Å². The molecule has 3 heteroatoms. The zero-order valence-corrected chi connectivity index (χ0v) is 11.7. The molecule has 0 aromatic carbocycles. The van der Waals surface area contributed by atoms with E-state index in [-0.39, 0.29) is 11.1 Å². The number of hydroxylamine groups is 2. The monoisotopic (exact) mass is 228 g/mol. The van der Waals surface area contributed by atoms with Crippen LogP contribution in [0.15, 0.2) is 0 Å². The smallest absolute Gasteiger partial charge is 0.0451 e. The second-order valence-electron chi connectivity index (χ2n) is 6.40. The Morgan fingerprint density at radius 2 is 1.94 bits per heavy atom. The summed E-state index contributed by atoms with van der Waals surface area (Å²) in [5, 5.41) is 15.3. The van der Waals surface area contributed by atoms with Gasteiger partial charge in [-0.3, -0.25) is 0 Å². The predicted molar refractivity (Wildman–Crippen MR) is 67.6 cm³/mol. The van der Waals surface area contributed by atoms with Crippen LogP contribution in [-0.4, -0.2) is 33.9 Å². The van der Waals surface area contributed by atoms with E-state index in [9.17, 15) is 5.21 Å². The highest BCUT2D eigenvalue weighted by Crippen LogP contribution is 2.43. The van der Waals surface area contributed by atoms with E-state index < -0.39 is 0 Å². The SMILES string of the molecule is CCC(C)NCC1CC(C)(C)N(O)C1(C)C. The Balaban J connectivity index is 2.62. The third-order valence-electron chi connectivity index (χ3n) is 4.19. The van der Waals surface area contributed by atoms with Crippen LogP contribution >= 0.6 is 0 Å². The van der Waals surface area contributed by atoms with Gasteiger partial charge in [0, 0.05) is 23.7 Å². The average molecular weight is 228 g/mol. The fourth-order valence-corrected chi connectivity index (χ4v) is 2.70. The molecule has 1 aliphatic heterocycles. The van der Waals surface area contributed by atoms with Crippen LogP contribution < -0.4 is 5.32 Å². The molecular formula is C13H28N2O. The summed E-state index contributed by atoms with van der Waals surface area (Å²) in [5.74, 6) is 0.501. The predicted octanol–water partition coefficient (Wildman–Crippen LogP) is 2.64. The molecule has 2 N–H and O–H groups in total. The van der Waals surface area contributed by atoms with Crippen molar-refractivity contribution in [1.29, 1.82) is 0 Å². The summed E-state index contributed by atoms with van der Waals surface area (Å²) >= 11 is 0. The molecular weight excluding hydrogens is 200 g/mol. The molecule has 0 aromatic heterocycles. The average Bonchev–Trinajstić information content (AvgIpc) is 2.35. The van der Waals surface area contributed by atoms with E-state index in [1.54, 1.807) is 5.06 Å². The van der Waals surface area contributed by atoms with Gasteiger partial charge in [0.05, 0.1) is 0 Å². The van der Waals surface area contributed by atoms with Crippen molar-refractivity contribution in [1.82, 2.24) is 10.4 Å². The van der Waals surface area contributed by atoms with Crippen LogP contribution in [0.3, 0.4) is 0 Å². The van der Waals surface area contributed by atoms with Crippen molar-refractivity contribution >= 4 is 0 Å². The molecule has 0 radical (unpaired) electrons. The summed E-state index contributed by atoms with van der Waals surface area (Å²) in [5.41, 5.74) is -0.241. The second-order valence-corrected chi connectivity index (χ2v) is 6.40. The maximum atomic E-state index is 10.2. The minimum Gasteiger partial charge on any atom is -0.314 e. The molecule has 1 aliphatic rings. The van der Waals surface area contributed by atoms with Crippen LogP contribution in [0.4, 0.5) is 0 Å². The largest absolute Gasteiger partial charge is 0.314 e. The lowest BCUT2D eigenvalue weighted by Crippen LogP contribution is -2.48. The first kappa shape index (κ1) is 13.9. The Morgan fingerprint density at radius 3 is 2.31 bits per heavy atom. The number of hydrogen-bond donors (Lipinski definition) is 2. The Morgan fingerprint density at radius 1 is 1.38 bits per heavy atom. The first-order valence-electron chi connectivity index (χ1n) is 6.44. The molecule has 0 saturated carbocycles. The summed E-state index contributed by atoms with van der Waals surface area (Å²) in [7, 11) is 0. The van der Waals surface area contributed by atoms with Gasteiger partial charge in [-0.2, -0.15) is 5.06 Å². The molecule has 0 amide bonds. The molecule has 2 atom stereocenters. The molecule has 96 valence electrons. The summed E-state index contributed by atoms with van der Waals surface area (Å²) in [6.45, 7) is 13.9. The fraction of sp³-hybridized carbons (Fsp3) is 1.00. The highest BCUT2D eigenvalue weighted by atomic mass is 16.5. The summed E-state index contributed by atoms with van der Waals surface area (Å²) in [4.78, 5) is 0. The normalized spacial score (nSPS) is 30.6. The third kappa shape index (κ3) is 2.58. The number of nitrogens with one attached hydrogen (secondary N) is 1. The molecule has 1 rings (SSSR count). The van der Waals surface area contributed by atoms with Crippen molar-refractivity contribution in [3.8, 4) is 0 Å². The van der Waals surface area contributed by atoms with Gasteiger partial charge in [-0.05, 0) is 53.4 Å². The van der Waals surface area contributed by atoms with Gasteiger partial charge in [-0.1, -0.05) is 6.92 Å². The van der Waals surface area contributed by atoms with Crippen molar-refractivity contribution in [2.24, 2.45) is 5.92 Å². The molecule has 0 aliphatic carbocycles. The molecule has 3 nitrogen and oxygen atoms in total. The van der Waals surface area contributed by atoms with Gasteiger partial charge in [-0.15, -0.1) is 0 Å². The number of nitrogens with zero attached hydrogens (tertiary/aromatic N) is 1. The maximum absolute atomic E-state index is 10.2. The van der Waals surface area contributed by atoms with Crippen molar-refractivity contribution in [3.63, 3.8) is 0 Å². The van der Waals surface area contributed by atoms with E-state index in [0.717, 1.165) is 19.4 Å². The standard InChI is InChI=1S/C13H28N2O/c1-7-10(2)14-9-11-8-12(3,4)15(16)13(11,5)6/h10-11,14,16H,7-9H2,1-6H3. The lowest BCUT2D eigenvalue weighted by atomic mass is 9.87. The van der Waals surface area contributed by atoms with Crippen molar-refractivity contribution < 1.29 is 5.21 Å². The minimum absolute atomic E-state index is 0.106. The first-order valence-corrected chi connectivity index (χ1v) is 6.44. The Hall–Kier alpha value is -0.120. The zero-order chi connectivity index (χ0) is 12.6. The van der Waals surface area contributed by atoms with Crippen molar-refractivity contribution in [3.05, 3.63) is 0 Å². The van der Waals surface area contributed by atoms with Crippen LogP contribution in [0.2, 0.25) is 0 Å². The van der Waals surface area contributed by atoms with Crippen molar-refractivity contribution in [2.45, 2.75) is 71.5 Å². The van der Waals surface area contributed by atoms with E-state index >= 15 is 0 Å². The van der Waals surface area contributed by atoms with Gasteiger partial charge >= 0.3 is 0 Å². The van der Waals surface area contributed by atoms with E-state index in [4.69, 9.17) is 0 Å². The molecule has 16 heavy (non-hydrogen) atoms. The first-order chi connectivity index (χ1) is 7.21. The van der Waals surface area contributed by atoms with Gasteiger partial charge in [0.25, 0.3) is 0 Å². The third-order valence-corrected chi connectivity index (χ3v) is 4.19. The molecule has 1 fully saturated rings. The molecule has 0 aromatic rings. The maximum Gasteiger partial charge on any atom is 0.0451 e.